The first-order valence-corrected chi connectivity index (χ1v) is 8.42. The molecule has 2 unspecified atom stereocenters. The molecule has 2 atom stereocenters. The maximum atomic E-state index is 12.0. The molecular formula is C12H24N2O3S. The molecule has 0 spiro atoms. The Balaban J connectivity index is 1.70. The van der Waals surface area contributed by atoms with Gasteiger partial charge in [-0.15, -0.1) is 0 Å². The molecule has 2 rings (SSSR count). The van der Waals surface area contributed by atoms with Crippen molar-refractivity contribution < 1.29 is 13.2 Å². The van der Waals surface area contributed by atoms with E-state index in [0.29, 0.717) is 31.7 Å². The number of nitrogens with one attached hydrogen (secondary N) is 2. The fraction of sp³-hybridized carbons (Fsp3) is 1.00. The summed E-state index contributed by atoms with van der Waals surface area (Å²) in [6, 6.07) is 0.550. The van der Waals surface area contributed by atoms with E-state index in [-0.39, 0.29) is 5.25 Å². The smallest absolute Gasteiger partial charge is 0.215 e. The van der Waals surface area contributed by atoms with Crippen molar-refractivity contribution in [2.24, 2.45) is 5.92 Å². The molecule has 2 fully saturated rings. The third kappa shape index (κ3) is 4.50. The number of rotatable bonds is 7. The highest BCUT2D eigenvalue weighted by molar-refractivity contribution is 7.90. The van der Waals surface area contributed by atoms with Crippen LogP contribution in [-0.4, -0.2) is 46.0 Å². The van der Waals surface area contributed by atoms with Gasteiger partial charge in [0, 0.05) is 25.7 Å². The Morgan fingerprint density at radius 1 is 1.33 bits per heavy atom. The molecule has 1 saturated carbocycles. The summed E-state index contributed by atoms with van der Waals surface area (Å²) in [4.78, 5) is 0. The zero-order valence-electron chi connectivity index (χ0n) is 11.0. The molecule has 0 aromatic heterocycles. The van der Waals surface area contributed by atoms with Crippen LogP contribution in [0.25, 0.3) is 0 Å². The Hall–Kier alpha value is -0.170. The van der Waals surface area contributed by atoms with E-state index in [2.05, 4.69) is 10.0 Å². The fourth-order valence-electron chi connectivity index (χ4n) is 2.07. The highest BCUT2D eigenvalue weighted by Gasteiger charge is 2.26. The van der Waals surface area contributed by atoms with Crippen LogP contribution in [0.15, 0.2) is 0 Å². The van der Waals surface area contributed by atoms with E-state index in [0.717, 1.165) is 19.4 Å². The third-order valence-electron chi connectivity index (χ3n) is 3.63. The molecule has 1 aliphatic carbocycles. The molecule has 6 heteroatoms. The molecular weight excluding hydrogens is 252 g/mol. The Labute approximate surface area is 110 Å². The molecule has 0 radical (unpaired) electrons. The highest BCUT2D eigenvalue weighted by Crippen LogP contribution is 2.18. The standard InChI is InChI=1S/C12H24N2O3S/c1-10(7-13-12-4-5-12)18(15,16)14-8-11-3-2-6-17-9-11/h10-14H,2-9H2,1H3. The number of hydrogen-bond donors (Lipinski definition) is 2. The van der Waals surface area contributed by atoms with Gasteiger partial charge in [0.05, 0.1) is 11.9 Å². The molecule has 2 N–H and O–H groups in total. The van der Waals surface area contributed by atoms with Crippen LogP contribution in [0.1, 0.15) is 32.6 Å². The SMILES string of the molecule is CC(CNC1CC1)S(=O)(=O)NCC1CCCOC1. The van der Waals surface area contributed by atoms with Gasteiger partial charge in [-0.1, -0.05) is 0 Å². The summed E-state index contributed by atoms with van der Waals surface area (Å²) in [5.41, 5.74) is 0. The van der Waals surface area contributed by atoms with Gasteiger partial charge in [0.1, 0.15) is 0 Å². The van der Waals surface area contributed by atoms with Gasteiger partial charge in [0.2, 0.25) is 10.0 Å². The minimum atomic E-state index is -3.20. The molecule has 0 aromatic carbocycles. The molecule has 5 nitrogen and oxygen atoms in total. The Bertz CT molecular complexity index is 348. The van der Waals surface area contributed by atoms with Crippen LogP contribution in [0.2, 0.25) is 0 Å². The monoisotopic (exact) mass is 276 g/mol. The van der Waals surface area contributed by atoms with Crippen LogP contribution in [0.5, 0.6) is 0 Å². The fourth-order valence-corrected chi connectivity index (χ4v) is 3.14. The van der Waals surface area contributed by atoms with Gasteiger partial charge in [-0.05, 0) is 38.5 Å². The van der Waals surface area contributed by atoms with Crippen molar-refractivity contribution in [3.05, 3.63) is 0 Å². The second-order valence-electron chi connectivity index (χ2n) is 5.47. The summed E-state index contributed by atoms with van der Waals surface area (Å²) >= 11 is 0. The van der Waals surface area contributed by atoms with E-state index in [9.17, 15) is 8.42 Å². The largest absolute Gasteiger partial charge is 0.381 e. The number of sulfonamides is 1. The molecule has 0 bridgehead atoms. The Kier molecular flexibility index (Phi) is 5.00. The summed E-state index contributed by atoms with van der Waals surface area (Å²) in [5, 5.41) is 2.88. The van der Waals surface area contributed by atoms with Gasteiger partial charge in [0.15, 0.2) is 0 Å². The lowest BCUT2D eigenvalue weighted by Crippen LogP contribution is -2.42. The lowest BCUT2D eigenvalue weighted by atomic mass is 10.0. The van der Waals surface area contributed by atoms with E-state index in [1.165, 1.54) is 12.8 Å². The normalized spacial score (nSPS) is 27.1. The molecule has 2 aliphatic rings. The Morgan fingerprint density at radius 3 is 2.72 bits per heavy atom. The summed E-state index contributed by atoms with van der Waals surface area (Å²) in [6.45, 7) is 4.30. The van der Waals surface area contributed by atoms with Crippen LogP contribution in [0, 0.1) is 5.92 Å². The Morgan fingerprint density at radius 2 is 2.11 bits per heavy atom. The number of hydrogen-bond acceptors (Lipinski definition) is 4. The first-order chi connectivity index (χ1) is 8.58. The van der Waals surface area contributed by atoms with E-state index in [1.54, 1.807) is 6.92 Å². The van der Waals surface area contributed by atoms with Gasteiger partial charge in [-0.2, -0.15) is 0 Å². The summed E-state index contributed by atoms with van der Waals surface area (Å²) in [5.74, 6) is 0.331. The summed E-state index contributed by atoms with van der Waals surface area (Å²) in [7, 11) is -3.20. The van der Waals surface area contributed by atoms with Gasteiger partial charge in [-0.3, -0.25) is 0 Å². The predicted molar refractivity (Wildman–Crippen MR) is 71.0 cm³/mol. The van der Waals surface area contributed by atoms with Gasteiger partial charge in [-0.25, -0.2) is 13.1 Å². The lowest BCUT2D eigenvalue weighted by Gasteiger charge is -2.23. The van der Waals surface area contributed by atoms with Crippen LogP contribution >= 0.6 is 0 Å². The summed E-state index contributed by atoms with van der Waals surface area (Å²) < 4.78 is 32.1. The molecule has 1 heterocycles. The quantitative estimate of drug-likeness (QED) is 0.709. The van der Waals surface area contributed by atoms with Crippen LogP contribution in [0.4, 0.5) is 0 Å². The van der Waals surface area contributed by atoms with Crippen LogP contribution in [0.3, 0.4) is 0 Å². The topological polar surface area (TPSA) is 67.4 Å². The van der Waals surface area contributed by atoms with Crippen molar-refractivity contribution in [3.8, 4) is 0 Å². The van der Waals surface area contributed by atoms with Gasteiger partial charge >= 0.3 is 0 Å². The first-order valence-electron chi connectivity index (χ1n) is 6.87. The molecule has 0 amide bonds. The minimum Gasteiger partial charge on any atom is -0.381 e. The summed E-state index contributed by atoms with van der Waals surface area (Å²) in [6.07, 6.45) is 4.45. The van der Waals surface area contributed by atoms with E-state index in [1.807, 2.05) is 0 Å². The maximum Gasteiger partial charge on any atom is 0.215 e. The maximum absolute atomic E-state index is 12.0. The van der Waals surface area contributed by atoms with Crippen molar-refractivity contribution in [2.45, 2.75) is 43.9 Å². The molecule has 1 saturated heterocycles. The average Bonchev–Trinajstić information content (AvgIpc) is 3.19. The average molecular weight is 276 g/mol. The van der Waals surface area contributed by atoms with Crippen molar-refractivity contribution in [3.63, 3.8) is 0 Å². The second-order valence-corrected chi connectivity index (χ2v) is 7.65. The van der Waals surface area contributed by atoms with Crippen molar-refractivity contribution >= 4 is 10.0 Å². The van der Waals surface area contributed by atoms with E-state index < -0.39 is 10.0 Å². The van der Waals surface area contributed by atoms with Crippen LogP contribution in [-0.2, 0) is 14.8 Å². The zero-order chi connectivity index (χ0) is 13.0. The second kappa shape index (κ2) is 6.32. The van der Waals surface area contributed by atoms with E-state index in [4.69, 9.17) is 4.74 Å². The molecule has 1 aliphatic heterocycles. The predicted octanol–water partition coefficient (Wildman–Crippen LogP) is 0.473. The first kappa shape index (κ1) is 14.2. The zero-order valence-corrected chi connectivity index (χ0v) is 11.8. The molecule has 0 aromatic rings. The van der Waals surface area contributed by atoms with Gasteiger partial charge in [0.25, 0.3) is 0 Å². The molecule has 106 valence electrons. The third-order valence-corrected chi connectivity index (χ3v) is 5.42. The van der Waals surface area contributed by atoms with Gasteiger partial charge < -0.3 is 10.1 Å². The minimum absolute atomic E-state index is 0.331. The van der Waals surface area contributed by atoms with E-state index >= 15 is 0 Å². The molecule has 18 heavy (non-hydrogen) atoms. The van der Waals surface area contributed by atoms with Crippen molar-refractivity contribution in [1.82, 2.24) is 10.0 Å². The number of ether oxygens (including phenoxy) is 1. The lowest BCUT2D eigenvalue weighted by molar-refractivity contribution is 0.0567. The van der Waals surface area contributed by atoms with Crippen LogP contribution < -0.4 is 10.0 Å². The highest BCUT2D eigenvalue weighted by atomic mass is 32.2. The van der Waals surface area contributed by atoms with Crippen molar-refractivity contribution in [2.75, 3.05) is 26.3 Å². The van der Waals surface area contributed by atoms with Crippen molar-refractivity contribution in [1.29, 1.82) is 0 Å².